The van der Waals surface area contributed by atoms with E-state index in [0.29, 0.717) is 29.5 Å². The summed E-state index contributed by atoms with van der Waals surface area (Å²) in [4.78, 5) is 6.20. The predicted molar refractivity (Wildman–Crippen MR) is 79.7 cm³/mol. The van der Waals surface area contributed by atoms with E-state index in [1.807, 2.05) is 35.2 Å². The smallest absolute Gasteiger partial charge is 0.147 e. The van der Waals surface area contributed by atoms with Crippen LogP contribution in [0, 0.1) is 0 Å². The fraction of sp³-hybridized carbons (Fsp3) is 0.267. The number of anilines is 1. The van der Waals surface area contributed by atoms with Crippen molar-refractivity contribution in [2.24, 2.45) is 0 Å². The summed E-state index contributed by atoms with van der Waals surface area (Å²) in [6, 6.07) is 11.6. The molecule has 0 fully saturated rings. The number of nitrogens with zero attached hydrogens (tertiary/aromatic N) is 2. The van der Waals surface area contributed by atoms with Gasteiger partial charge >= 0.3 is 0 Å². The van der Waals surface area contributed by atoms with Crippen LogP contribution in [0.4, 0.5) is 5.82 Å². The molecule has 20 heavy (non-hydrogen) atoms. The van der Waals surface area contributed by atoms with Gasteiger partial charge in [0.25, 0.3) is 0 Å². The maximum atomic E-state index is 9.22. The lowest BCUT2D eigenvalue weighted by Gasteiger charge is -2.24. The highest BCUT2D eigenvalue weighted by molar-refractivity contribution is 6.33. The van der Waals surface area contributed by atoms with Crippen molar-refractivity contribution in [1.29, 1.82) is 0 Å². The molecular formula is C15H17ClN2O2. The Bertz CT molecular complexity index is 549. The Morgan fingerprint density at radius 3 is 2.45 bits per heavy atom. The van der Waals surface area contributed by atoms with E-state index in [9.17, 15) is 5.11 Å². The number of pyridine rings is 1. The standard InChI is InChI=1S/C15H17ClN2O2/c16-14-8-13(11-20)9-17-15(14)18(6-7-19)10-12-4-2-1-3-5-12/h1-5,8-9,19-20H,6-7,10-11H2. The summed E-state index contributed by atoms with van der Waals surface area (Å²) in [6.45, 7) is 0.991. The largest absolute Gasteiger partial charge is 0.395 e. The van der Waals surface area contributed by atoms with Crippen LogP contribution in [0.1, 0.15) is 11.1 Å². The molecule has 1 heterocycles. The van der Waals surface area contributed by atoms with Gasteiger partial charge in [-0.1, -0.05) is 41.9 Å². The molecule has 0 unspecified atom stereocenters. The van der Waals surface area contributed by atoms with Gasteiger partial charge in [-0.05, 0) is 17.2 Å². The van der Waals surface area contributed by atoms with Gasteiger partial charge in [0, 0.05) is 19.3 Å². The van der Waals surface area contributed by atoms with Crippen LogP contribution in [-0.4, -0.2) is 28.3 Å². The quantitative estimate of drug-likeness (QED) is 0.857. The van der Waals surface area contributed by atoms with E-state index in [4.69, 9.17) is 16.7 Å². The molecule has 0 bridgehead atoms. The minimum atomic E-state index is -0.0916. The molecule has 0 spiro atoms. The first-order valence-corrected chi connectivity index (χ1v) is 6.77. The van der Waals surface area contributed by atoms with E-state index in [1.54, 1.807) is 12.3 Å². The first-order valence-electron chi connectivity index (χ1n) is 6.39. The Morgan fingerprint density at radius 2 is 1.85 bits per heavy atom. The minimum Gasteiger partial charge on any atom is -0.395 e. The molecule has 0 aliphatic heterocycles. The van der Waals surface area contributed by atoms with Gasteiger partial charge < -0.3 is 15.1 Å². The van der Waals surface area contributed by atoms with Crippen molar-refractivity contribution in [3.63, 3.8) is 0 Å². The van der Waals surface area contributed by atoms with Gasteiger partial charge in [0.1, 0.15) is 5.82 Å². The molecule has 5 heteroatoms. The highest BCUT2D eigenvalue weighted by Gasteiger charge is 2.12. The van der Waals surface area contributed by atoms with Crippen LogP contribution < -0.4 is 4.90 Å². The highest BCUT2D eigenvalue weighted by Crippen LogP contribution is 2.25. The molecule has 2 rings (SSSR count). The van der Waals surface area contributed by atoms with Gasteiger partial charge in [-0.3, -0.25) is 0 Å². The summed E-state index contributed by atoms with van der Waals surface area (Å²) in [6.07, 6.45) is 1.59. The maximum absolute atomic E-state index is 9.22. The Balaban J connectivity index is 2.24. The topological polar surface area (TPSA) is 56.6 Å². The summed E-state index contributed by atoms with van der Waals surface area (Å²) in [5, 5.41) is 18.8. The number of halogens is 1. The van der Waals surface area contributed by atoms with E-state index in [0.717, 1.165) is 5.56 Å². The number of benzene rings is 1. The number of rotatable bonds is 6. The molecule has 1 aromatic carbocycles. The number of aromatic nitrogens is 1. The van der Waals surface area contributed by atoms with Crippen molar-refractivity contribution in [3.05, 3.63) is 58.7 Å². The SMILES string of the molecule is OCCN(Cc1ccccc1)c1ncc(CO)cc1Cl. The molecule has 4 nitrogen and oxygen atoms in total. The van der Waals surface area contributed by atoms with Gasteiger partial charge in [0.15, 0.2) is 0 Å². The van der Waals surface area contributed by atoms with Crippen molar-refractivity contribution in [3.8, 4) is 0 Å². The van der Waals surface area contributed by atoms with Gasteiger partial charge in [0.2, 0.25) is 0 Å². The van der Waals surface area contributed by atoms with Crippen LogP contribution in [0.2, 0.25) is 5.02 Å². The molecule has 2 aromatic rings. The van der Waals surface area contributed by atoms with Gasteiger partial charge in [-0.25, -0.2) is 4.98 Å². The van der Waals surface area contributed by atoms with Gasteiger partial charge in [-0.2, -0.15) is 0 Å². The van der Waals surface area contributed by atoms with Crippen LogP contribution in [0.5, 0.6) is 0 Å². The third-order valence-electron chi connectivity index (χ3n) is 2.95. The predicted octanol–water partition coefficient (Wildman–Crippen LogP) is 2.23. The minimum absolute atomic E-state index is 0.0204. The number of hydrogen-bond acceptors (Lipinski definition) is 4. The van der Waals surface area contributed by atoms with Crippen molar-refractivity contribution in [2.75, 3.05) is 18.1 Å². The zero-order valence-corrected chi connectivity index (χ0v) is 11.8. The van der Waals surface area contributed by atoms with Crippen LogP contribution in [0.25, 0.3) is 0 Å². The molecule has 0 aliphatic carbocycles. The third kappa shape index (κ3) is 3.70. The van der Waals surface area contributed by atoms with Gasteiger partial charge in [-0.15, -0.1) is 0 Å². The average Bonchev–Trinajstić information content (AvgIpc) is 2.48. The van der Waals surface area contributed by atoms with E-state index in [1.165, 1.54) is 0 Å². The fourth-order valence-electron chi connectivity index (χ4n) is 1.97. The van der Waals surface area contributed by atoms with Crippen molar-refractivity contribution >= 4 is 17.4 Å². The highest BCUT2D eigenvalue weighted by atomic mass is 35.5. The normalized spacial score (nSPS) is 10.6. The first-order chi connectivity index (χ1) is 9.74. The molecule has 0 radical (unpaired) electrons. The molecule has 0 saturated heterocycles. The summed E-state index contributed by atoms with van der Waals surface area (Å²) in [5.74, 6) is 0.613. The number of hydrogen-bond donors (Lipinski definition) is 2. The number of aliphatic hydroxyl groups excluding tert-OH is 2. The monoisotopic (exact) mass is 292 g/mol. The van der Waals surface area contributed by atoms with Gasteiger partial charge in [0.05, 0.1) is 18.2 Å². The average molecular weight is 293 g/mol. The van der Waals surface area contributed by atoms with Crippen molar-refractivity contribution in [2.45, 2.75) is 13.2 Å². The molecule has 0 aliphatic rings. The second kappa shape index (κ2) is 7.24. The summed E-state index contributed by atoms with van der Waals surface area (Å²) < 4.78 is 0. The second-order valence-corrected chi connectivity index (χ2v) is 4.85. The molecule has 1 aromatic heterocycles. The lowest BCUT2D eigenvalue weighted by atomic mass is 10.2. The Hall–Kier alpha value is -1.62. The lowest BCUT2D eigenvalue weighted by molar-refractivity contribution is 0.281. The third-order valence-corrected chi connectivity index (χ3v) is 3.22. The zero-order valence-electron chi connectivity index (χ0n) is 11.0. The molecule has 0 atom stereocenters. The van der Waals surface area contributed by atoms with Crippen LogP contribution in [-0.2, 0) is 13.2 Å². The van der Waals surface area contributed by atoms with Crippen LogP contribution in [0.3, 0.4) is 0 Å². The van der Waals surface area contributed by atoms with E-state index in [-0.39, 0.29) is 13.2 Å². The van der Waals surface area contributed by atoms with Crippen LogP contribution >= 0.6 is 11.6 Å². The molecule has 2 N–H and O–H groups in total. The zero-order chi connectivity index (χ0) is 14.4. The van der Waals surface area contributed by atoms with Crippen molar-refractivity contribution in [1.82, 2.24) is 4.98 Å². The summed E-state index contributed by atoms with van der Waals surface area (Å²) in [5.41, 5.74) is 1.78. The summed E-state index contributed by atoms with van der Waals surface area (Å²) >= 11 is 6.21. The van der Waals surface area contributed by atoms with Crippen molar-refractivity contribution < 1.29 is 10.2 Å². The van der Waals surface area contributed by atoms with E-state index in [2.05, 4.69) is 4.98 Å². The summed E-state index contributed by atoms with van der Waals surface area (Å²) in [7, 11) is 0. The molecule has 0 amide bonds. The number of aliphatic hydroxyl groups is 2. The van der Waals surface area contributed by atoms with E-state index >= 15 is 0 Å². The maximum Gasteiger partial charge on any atom is 0.147 e. The Morgan fingerprint density at radius 1 is 1.10 bits per heavy atom. The molecule has 106 valence electrons. The first kappa shape index (κ1) is 14.8. The van der Waals surface area contributed by atoms with E-state index < -0.39 is 0 Å². The second-order valence-electron chi connectivity index (χ2n) is 4.44. The van der Waals surface area contributed by atoms with Crippen LogP contribution in [0.15, 0.2) is 42.6 Å². The molecule has 0 saturated carbocycles. The Kier molecular flexibility index (Phi) is 5.35. The molecular weight excluding hydrogens is 276 g/mol. The fourth-order valence-corrected chi connectivity index (χ4v) is 2.28. The Labute approximate surface area is 123 Å². The lowest BCUT2D eigenvalue weighted by Crippen LogP contribution is -2.27.